The molecule has 3 aromatic rings. The van der Waals surface area contributed by atoms with Crippen LogP contribution in [0.15, 0.2) is 77.7 Å². The van der Waals surface area contributed by atoms with E-state index < -0.39 is 28.5 Å². The maximum atomic E-state index is 14.1. The van der Waals surface area contributed by atoms with E-state index >= 15 is 0 Å². The summed E-state index contributed by atoms with van der Waals surface area (Å²) in [5.74, 6) is -0.947. The number of benzene rings is 3. The van der Waals surface area contributed by atoms with Crippen molar-refractivity contribution in [3.63, 3.8) is 0 Å². The topological polar surface area (TPSA) is 86.8 Å². The number of anilines is 1. The molecule has 2 amide bonds. The number of rotatable bonds is 12. The summed E-state index contributed by atoms with van der Waals surface area (Å²) >= 11 is 19.1. The Morgan fingerprint density at radius 2 is 1.52 bits per heavy atom. The van der Waals surface area contributed by atoms with Gasteiger partial charge in [0.2, 0.25) is 11.8 Å². The third-order valence-corrected chi connectivity index (χ3v) is 9.17. The lowest BCUT2D eigenvalue weighted by molar-refractivity contribution is -0.140. The molecule has 0 saturated carbocycles. The lowest BCUT2D eigenvalue weighted by Crippen LogP contribution is -2.53. The summed E-state index contributed by atoms with van der Waals surface area (Å²) in [6.07, 6.45) is 0.999. The van der Waals surface area contributed by atoms with Crippen molar-refractivity contribution in [3.8, 4) is 0 Å². The number of carbonyl (C=O) groups is 2. The van der Waals surface area contributed by atoms with Gasteiger partial charge in [-0.3, -0.25) is 13.9 Å². The number of nitrogens with zero attached hydrogens (tertiary/aromatic N) is 2. The van der Waals surface area contributed by atoms with Gasteiger partial charge in [0, 0.05) is 22.6 Å². The van der Waals surface area contributed by atoms with Crippen LogP contribution in [0.25, 0.3) is 0 Å². The molecule has 0 unspecified atom stereocenters. The fourth-order valence-corrected chi connectivity index (χ4v) is 6.16. The monoisotopic (exact) mass is 623 g/mol. The van der Waals surface area contributed by atoms with Crippen LogP contribution in [0.3, 0.4) is 0 Å². The van der Waals surface area contributed by atoms with Gasteiger partial charge < -0.3 is 10.2 Å². The van der Waals surface area contributed by atoms with Gasteiger partial charge in [-0.1, -0.05) is 85.0 Å². The molecular formula is C29H32Cl3N3O4S. The molecule has 1 N–H and O–H groups in total. The predicted molar refractivity (Wildman–Crippen MR) is 161 cm³/mol. The van der Waals surface area contributed by atoms with Crippen LogP contribution in [0.5, 0.6) is 0 Å². The average Bonchev–Trinajstić information content (AvgIpc) is 2.94. The molecule has 0 fully saturated rings. The van der Waals surface area contributed by atoms with E-state index in [-0.39, 0.29) is 39.1 Å². The highest BCUT2D eigenvalue weighted by atomic mass is 35.5. The first-order chi connectivity index (χ1) is 19.0. The molecule has 11 heteroatoms. The summed E-state index contributed by atoms with van der Waals surface area (Å²) in [6, 6.07) is 18.1. The average molecular weight is 625 g/mol. The number of halogens is 3. The Labute approximate surface area is 251 Å². The van der Waals surface area contributed by atoms with Crippen LogP contribution < -0.4 is 9.62 Å². The van der Waals surface area contributed by atoms with Gasteiger partial charge in [-0.2, -0.15) is 0 Å². The minimum atomic E-state index is -4.26. The van der Waals surface area contributed by atoms with Crippen LogP contribution in [0, 0.1) is 0 Å². The molecule has 3 aromatic carbocycles. The molecule has 214 valence electrons. The third-order valence-electron chi connectivity index (χ3n) is 6.47. The Kier molecular flexibility index (Phi) is 11.3. The van der Waals surface area contributed by atoms with Crippen molar-refractivity contribution in [2.45, 2.75) is 57.1 Å². The van der Waals surface area contributed by atoms with E-state index in [9.17, 15) is 18.0 Å². The van der Waals surface area contributed by atoms with E-state index in [2.05, 4.69) is 5.32 Å². The minimum absolute atomic E-state index is 0.00651. The molecule has 3 rings (SSSR count). The fourth-order valence-electron chi connectivity index (χ4n) is 4.08. The van der Waals surface area contributed by atoms with Gasteiger partial charge in [0.15, 0.2) is 0 Å². The summed E-state index contributed by atoms with van der Waals surface area (Å²) in [4.78, 5) is 28.8. The Hall–Kier alpha value is -2.78. The highest BCUT2D eigenvalue weighted by Crippen LogP contribution is 2.33. The van der Waals surface area contributed by atoms with E-state index in [0.29, 0.717) is 23.4 Å². The quantitative estimate of drug-likeness (QED) is 0.247. The predicted octanol–water partition coefficient (Wildman–Crippen LogP) is 6.56. The first-order valence-corrected chi connectivity index (χ1v) is 15.4. The largest absolute Gasteiger partial charge is 0.352 e. The molecule has 7 nitrogen and oxygen atoms in total. The zero-order valence-corrected chi connectivity index (χ0v) is 25.6. The van der Waals surface area contributed by atoms with Gasteiger partial charge in [-0.25, -0.2) is 8.42 Å². The molecule has 0 heterocycles. The first kappa shape index (κ1) is 31.7. The lowest BCUT2D eigenvalue weighted by Gasteiger charge is -2.34. The molecule has 0 aliphatic carbocycles. The van der Waals surface area contributed by atoms with E-state index in [1.807, 2.05) is 13.8 Å². The molecular weight excluding hydrogens is 593 g/mol. The zero-order chi connectivity index (χ0) is 29.4. The molecule has 0 aliphatic rings. The van der Waals surface area contributed by atoms with Crippen LogP contribution in [0.1, 0.15) is 39.2 Å². The molecule has 0 bridgehead atoms. The van der Waals surface area contributed by atoms with E-state index in [4.69, 9.17) is 34.8 Å². The standard InChI is InChI=1S/C29H32Cl3N3O4S/c1-4-20(3)33-29(37)26(5-2)34(18-21-11-9-10-14-24(21)31)28(36)19-35(27-17-22(30)15-16-25(27)32)40(38,39)23-12-7-6-8-13-23/h6-17,20,26H,4-5,18-19H2,1-3H3,(H,33,37)/t20-,26+/m1/s1. The van der Waals surface area contributed by atoms with Gasteiger partial charge in [0.25, 0.3) is 10.0 Å². The second-order valence-corrected chi connectivity index (χ2v) is 12.4. The van der Waals surface area contributed by atoms with Gasteiger partial charge in [0.05, 0.1) is 15.6 Å². The highest BCUT2D eigenvalue weighted by Gasteiger charge is 2.35. The van der Waals surface area contributed by atoms with Crippen molar-refractivity contribution >= 4 is 62.3 Å². The van der Waals surface area contributed by atoms with Crippen molar-refractivity contribution in [1.29, 1.82) is 0 Å². The van der Waals surface area contributed by atoms with E-state index in [1.165, 1.54) is 35.2 Å². The normalized spacial score (nSPS) is 12.8. The number of carbonyl (C=O) groups excluding carboxylic acids is 2. The number of nitrogens with one attached hydrogen (secondary N) is 1. The number of sulfonamides is 1. The summed E-state index contributed by atoms with van der Waals surface area (Å²) in [7, 11) is -4.26. The Balaban J connectivity index is 2.10. The van der Waals surface area contributed by atoms with Crippen LogP contribution in [0.4, 0.5) is 5.69 Å². The van der Waals surface area contributed by atoms with Crippen molar-refractivity contribution in [3.05, 3.63) is 93.4 Å². The van der Waals surface area contributed by atoms with Gasteiger partial charge in [-0.05, 0) is 61.7 Å². The molecule has 2 atom stereocenters. The molecule has 0 aliphatic heterocycles. The maximum Gasteiger partial charge on any atom is 0.264 e. The Bertz CT molecular complexity index is 1440. The number of hydrogen-bond acceptors (Lipinski definition) is 4. The van der Waals surface area contributed by atoms with Gasteiger partial charge in [0.1, 0.15) is 12.6 Å². The minimum Gasteiger partial charge on any atom is -0.352 e. The summed E-state index contributed by atoms with van der Waals surface area (Å²) in [6.45, 7) is 4.97. The second kappa shape index (κ2) is 14.2. The first-order valence-electron chi connectivity index (χ1n) is 12.9. The molecule has 0 spiro atoms. The van der Waals surface area contributed by atoms with Gasteiger partial charge >= 0.3 is 0 Å². The molecule has 40 heavy (non-hydrogen) atoms. The Morgan fingerprint density at radius 1 is 0.875 bits per heavy atom. The molecule has 0 saturated heterocycles. The van der Waals surface area contributed by atoms with E-state index in [0.717, 1.165) is 4.31 Å². The SMILES string of the molecule is CC[C@@H](C)NC(=O)[C@H](CC)N(Cc1ccccc1Cl)C(=O)CN(c1cc(Cl)ccc1Cl)S(=O)(=O)c1ccccc1. The summed E-state index contributed by atoms with van der Waals surface area (Å²) in [5, 5.41) is 3.69. The third kappa shape index (κ3) is 7.69. The van der Waals surface area contributed by atoms with Crippen LogP contribution >= 0.6 is 34.8 Å². The zero-order valence-electron chi connectivity index (χ0n) is 22.5. The van der Waals surface area contributed by atoms with Crippen LogP contribution in [-0.2, 0) is 26.2 Å². The van der Waals surface area contributed by atoms with E-state index in [1.54, 1.807) is 49.4 Å². The lowest BCUT2D eigenvalue weighted by atomic mass is 10.1. The fraction of sp³-hybridized carbons (Fsp3) is 0.310. The number of hydrogen-bond donors (Lipinski definition) is 1. The van der Waals surface area contributed by atoms with Crippen molar-refractivity contribution in [1.82, 2.24) is 10.2 Å². The molecule has 0 radical (unpaired) electrons. The van der Waals surface area contributed by atoms with Crippen LogP contribution in [0.2, 0.25) is 15.1 Å². The van der Waals surface area contributed by atoms with Crippen molar-refractivity contribution < 1.29 is 18.0 Å². The summed E-state index contributed by atoms with van der Waals surface area (Å²) < 4.78 is 28.7. The van der Waals surface area contributed by atoms with Gasteiger partial charge in [-0.15, -0.1) is 0 Å². The molecule has 0 aromatic heterocycles. The number of amides is 2. The second-order valence-electron chi connectivity index (χ2n) is 9.28. The van der Waals surface area contributed by atoms with Crippen LogP contribution in [-0.4, -0.2) is 43.8 Å². The Morgan fingerprint density at radius 3 is 2.15 bits per heavy atom. The van der Waals surface area contributed by atoms with Crippen molar-refractivity contribution in [2.75, 3.05) is 10.8 Å². The smallest absolute Gasteiger partial charge is 0.264 e. The summed E-state index contributed by atoms with van der Waals surface area (Å²) in [5.41, 5.74) is 0.659. The van der Waals surface area contributed by atoms with Crippen molar-refractivity contribution in [2.24, 2.45) is 0 Å². The maximum absolute atomic E-state index is 14.1. The highest BCUT2D eigenvalue weighted by molar-refractivity contribution is 7.92.